The van der Waals surface area contributed by atoms with Crippen LogP contribution in [-0.2, 0) is 6.54 Å². The average molecular weight is 271 g/mol. The lowest BCUT2D eigenvalue weighted by Crippen LogP contribution is -2.29. The van der Waals surface area contributed by atoms with Gasteiger partial charge in [-0.3, -0.25) is 0 Å². The van der Waals surface area contributed by atoms with Gasteiger partial charge < -0.3 is 19.7 Å². The van der Waals surface area contributed by atoms with Crippen molar-refractivity contribution >= 4 is 18.3 Å². The van der Waals surface area contributed by atoms with E-state index in [4.69, 9.17) is 14.8 Å². The van der Waals surface area contributed by atoms with E-state index in [0.717, 1.165) is 17.0 Å². The molecule has 0 radical (unpaired) electrons. The Labute approximate surface area is 119 Å². The Bertz CT molecular complexity index is 557. The number of benzene rings is 2. The molecule has 0 aromatic heterocycles. The molecule has 0 heterocycles. The van der Waals surface area contributed by atoms with Crippen molar-refractivity contribution in [3.63, 3.8) is 0 Å². The summed E-state index contributed by atoms with van der Waals surface area (Å²) in [7, 11) is 2.23. The Hall–Kier alpha value is -1.98. The largest absolute Gasteiger partial charge is 0.495 e. The van der Waals surface area contributed by atoms with Crippen LogP contribution in [0.4, 0.5) is 5.69 Å². The Morgan fingerprint density at radius 2 is 1.70 bits per heavy atom. The first-order chi connectivity index (χ1) is 9.61. The van der Waals surface area contributed by atoms with E-state index in [1.54, 1.807) is 19.2 Å². The van der Waals surface area contributed by atoms with Gasteiger partial charge in [0.15, 0.2) is 0 Å². The minimum absolute atomic E-state index is 0.494. The first-order valence-electron chi connectivity index (χ1n) is 6.41. The maximum atomic E-state index is 9.07. The molecule has 4 nitrogen and oxygen atoms in total. The van der Waals surface area contributed by atoms with E-state index in [9.17, 15) is 0 Å². The number of hydrogen-bond donors (Lipinski definition) is 2. The zero-order valence-electron chi connectivity index (χ0n) is 11.7. The number of rotatable bonds is 5. The van der Waals surface area contributed by atoms with Crippen LogP contribution in [0.2, 0.25) is 0 Å². The average Bonchev–Trinajstić information content (AvgIpc) is 2.47. The van der Waals surface area contributed by atoms with Crippen LogP contribution >= 0.6 is 0 Å². The Morgan fingerprint density at radius 1 is 1.05 bits per heavy atom. The van der Waals surface area contributed by atoms with Gasteiger partial charge in [0.1, 0.15) is 5.75 Å². The molecule has 0 fully saturated rings. The smallest absolute Gasteiger partial charge is 0.488 e. The van der Waals surface area contributed by atoms with Gasteiger partial charge in [0, 0.05) is 13.6 Å². The molecule has 2 aromatic rings. The number of ether oxygens (including phenoxy) is 1. The number of para-hydroxylation sites is 2. The number of methoxy groups -OCH3 is 1. The highest BCUT2D eigenvalue weighted by Crippen LogP contribution is 2.27. The van der Waals surface area contributed by atoms with Crippen LogP contribution in [0.5, 0.6) is 5.75 Å². The third kappa shape index (κ3) is 3.32. The minimum atomic E-state index is -1.42. The van der Waals surface area contributed by atoms with E-state index >= 15 is 0 Å². The third-order valence-electron chi connectivity index (χ3n) is 3.19. The standard InChI is InChI=1S/C15H18BNO3/c1-17(14-5-3-4-6-15(14)20-2)11-12-7-9-13(10-8-12)16(18)19/h3-10,18-19H,11H2,1-2H3. The van der Waals surface area contributed by atoms with Crippen LogP contribution in [0.15, 0.2) is 48.5 Å². The van der Waals surface area contributed by atoms with Crippen LogP contribution in [0.25, 0.3) is 0 Å². The molecule has 104 valence electrons. The predicted octanol–water partition coefficient (Wildman–Crippen LogP) is 1.01. The fraction of sp³-hybridized carbons (Fsp3) is 0.200. The maximum absolute atomic E-state index is 9.07. The van der Waals surface area contributed by atoms with E-state index in [1.165, 1.54) is 0 Å². The molecule has 0 saturated carbocycles. The number of nitrogens with zero attached hydrogens (tertiary/aromatic N) is 1. The molecule has 20 heavy (non-hydrogen) atoms. The van der Waals surface area contributed by atoms with Crippen molar-refractivity contribution in [1.82, 2.24) is 0 Å². The number of hydrogen-bond acceptors (Lipinski definition) is 4. The second kappa shape index (κ2) is 6.46. The lowest BCUT2D eigenvalue weighted by Gasteiger charge is -2.21. The van der Waals surface area contributed by atoms with E-state index in [2.05, 4.69) is 4.90 Å². The van der Waals surface area contributed by atoms with Crippen molar-refractivity contribution in [1.29, 1.82) is 0 Å². The summed E-state index contributed by atoms with van der Waals surface area (Å²) < 4.78 is 5.35. The highest BCUT2D eigenvalue weighted by Gasteiger charge is 2.11. The fourth-order valence-electron chi connectivity index (χ4n) is 2.10. The molecule has 0 spiro atoms. The molecule has 0 aliphatic carbocycles. The SMILES string of the molecule is COc1ccccc1N(C)Cc1ccc(B(O)O)cc1. The highest BCUT2D eigenvalue weighted by atomic mass is 16.5. The molecule has 2 rings (SSSR count). The van der Waals surface area contributed by atoms with Crippen LogP contribution in [-0.4, -0.2) is 31.3 Å². The summed E-state index contributed by atoms with van der Waals surface area (Å²) in [6, 6.07) is 15.1. The van der Waals surface area contributed by atoms with E-state index in [1.807, 2.05) is 43.4 Å². The van der Waals surface area contributed by atoms with Gasteiger partial charge in [-0.05, 0) is 23.2 Å². The van der Waals surface area contributed by atoms with Gasteiger partial charge in [-0.15, -0.1) is 0 Å². The zero-order valence-corrected chi connectivity index (χ0v) is 11.7. The first-order valence-corrected chi connectivity index (χ1v) is 6.41. The molecule has 0 aliphatic rings. The first kappa shape index (κ1) is 14.4. The molecule has 0 amide bonds. The fourth-order valence-corrected chi connectivity index (χ4v) is 2.10. The van der Waals surface area contributed by atoms with Crippen molar-refractivity contribution in [3.8, 4) is 5.75 Å². The third-order valence-corrected chi connectivity index (χ3v) is 3.19. The summed E-state index contributed by atoms with van der Waals surface area (Å²) >= 11 is 0. The maximum Gasteiger partial charge on any atom is 0.488 e. The van der Waals surface area contributed by atoms with Crippen LogP contribution in [0, 0.1) is 0 Å². The van der Waals surface area contributed by atoms with Gasteiger partial charge in [0.25, 0.3) is 0 Å². The normalized spacial score (nSPS) is 10.2. The van der Waals surface area contributed by atoms with Crippen LogP contribution < -0.4 is 15.1 Å². The van der Waals surface area contributed by atoms with Gasteiger partial charge in [-0.25, -0.2) is 0 Å². The van der Waals surface area contributed by atoms with E-state index in [0.29, 0.717) is 12.0 Å². The van der Waals surface area contributed by atoms with Crippen molar-refractivity contribution in [3.05, 3.63) is 54.1 Å². The quantitative estimate of drug-likeness (QED) is 0.797. The lowest BCUT2D eigenvalue weighted by atomic mass is 9.80. The van der Waals surface area contributed by atoms with Crippen molar-refractivity contribution < 1.29 is 14.8 Å². The molecule has 0 saturated heterocycles. The monoisotopic (exact) mass is 271 g/mol. The molecule has 2 aromatic carbocycles. The predicted molar refractivity (Wildman–Crippen MR) is 81.4 cm³/mol. The van der Waals surface area contributed by atoms with E-state index < -0.39 is 7.12 Å². The highest BCUT2D eigenvalue weighted by molar-refractivity contribution is 6.58. The second-order valence-electron chi connectivity index (χ2n) is 4.64. The minimum Gasteiger partial charge on any atom is -0.495 e. The topological polar surface area (TPSA) is 52.9 Å². The summed E-state index contributed by atoms with van der Waals surface area (Å²) in [6.07, 6.45) is 0. The lowest BCUT2D eigenvalue weighted by molar-refractivity contribution is 0.415. The summed E-state index contributed by atoms with van der Waals surface area (Å²) in [5, 5.41) is 18.1. The Balaban J connectivity index is 2.13. The van der Waals surface area contributed by atoms with E-state index in [-0.39, 0.29) is 0 Å². The molecule has 0 unspecified atom stereocenters. The molecular weight excluding hydrogens is 253 g/mol. The Kier molecular flexibility index (Phi) is 4.66. The molecular formula is C15H18BNO3. The van der Waals surface area contributed by atoms with Gasteiger partial charge >= 0.3 is 7.12 Å². The van der Waals surface area contributed by atoms with Crippen LogP contribution in [0.1, 0.15) is 5.56 Å². The molecule has 2 N–H and O–H groups in total. The van der Waals surface area contributed by atoms with Gasteiger partial charge in [0.2, 0.25) is 0 Å². The van der Waals surface area contributed by atoms with Crippen molar-refractivity contribution in [2.75, 3.05) is 19.1 Å². The summed E-state index contributed by atoms with van der Waals surface area (Å²) in [6.45, 7) is 0.710. The van der Waals surface area contributed by atoms with Gasteiger partial charge in [0.05, 0.1) is 12.8 Å². The molecule has 5 heteroatoms. The Morgan fingerprint density at radius 3 is 2.30 bits per heavy atom. The molecule has 0 aliphatic heterocycles. The summed E-state index contributed by atoms with van der Waals surface area (Å²) in [5.41, 5.74) is 2.60. The summed E-state index contributed by atoms with van der Waals surface area (Å²) in [5.74, 6) is 0.831. The molecule has 0 bridgehead atoms. The second-order valence-corrected chi connectivity index (χ2v) is 4.64. The van der Waals surface area contributed by atoms with Crippen LogP contribution in [0.3, 0.4) is 0 Å². The van der Waals surface area contributed by atoms with Crippen molar-refractivity contribution in [2.24, 2.45) is 0 Å². The summed E-state index contributed by atoms with van der Waals surface area (Å²) in [4.78, 5) is 2.09. The molecule has 0 atom stereocenters. The van der Waals surface area contributed by atoms with Crippen molar-refractivity contribution in [2.45, 2.75) is 6.54 Å². The zero-order chi connectivity index (χ0) is 14.5. The number of anilines is 1. The van der Waals surface area contributed by atoms with Gasteiger partial charge in [-0.1, -0.05) is 36.4 Å². The van der Waals surface area contributed by atoms with Gasteiger partial charge in [-0.2, -0.15) is 0 Å².